The summed E-state index contributed by atoms with van der Waals surface area (Å²) in [6.45, 7) is 3.66. The molecule has 1 fully saturated rings. The highest BCUT2D eigenvalue weighted by molar-refractivity contribution is 7.99. The number of aliphatic hydroxyl groups excluding tert-OH is 1. The van der Waals surface area contributed by atoms with Crippen LogP contribution in [0.4, 0.5) is 0 Å². The van der Waals surface area contributed by atoms with Crippen LogP contribution in [0.25, 0.3) is 0 Å². The second-order valence-electron chi connectivity index (χ2n) is 2.73. The van der Waals surface area contributed by atoms with E-state index in [2.05, 4.69) is 6.58 Å². The second kappa shape index (κ2) is 4.04. The summed E-state index contributed by atoms with van der Waals surface area (Å²) in [6, 6.07) is 0. The average Bonchev–Trinajstić information content (AvgIpc) is 2.31. The van der Waals surface area contributed by atoms with Gasteiger partial charge in [-0.15, -0.1) is 6.58 Å². The van der Waals surface area contributed by atoms with E-state index in [1.165, 1.54) is 0 Å². The van der Waals surface area contributed by atoms with Gasteiger partial charge >= 0.3 is 0 Å². The van der Waals surface area contributed by atoms with Gasteiger partial charge in [0.1, 0.15) is 0 Å². The van der Waals surface area contributed by atoms with Crippen molar-refractivity contribution in [1.82, 2.24) is 0 Å². The van der Waals surface area contributed by atoms with E-state index in [0.717, 1.165) is 24.3 Å². The Morgan fingerprint density at radius 2 is 2.40 bits per heavy atom. The van der Waals surface area contributed by atoms with E-state index in [-0.39, 0.29) is 6.10 Å². The van der Waals surface area contributed by atoms with Crippen LogP contribution in [0, 0.1) is 5.92 Å². The van der Waals surface area contributed by atoms with E-state index in [0.29, 0.717) is 5.92 Å². The Kier molecular flexibility index (Phi) is 3.29. The molecule has 0 bridgehead atoms. The summed E-state index contributed by atoms with van der Waals surface area (Å²) < 4.78 is 0. The van der Waals surface area contributed by atoms with Gasteiger partial charge < -0.3 is 5.11 Å². The molecule has 1 N–H and O–H groups in total. The van der Waals surface area contributed by atoms with Gasteiger partial charge in [-0.2, -0.15) is 11.8 Å². The molecule has 0 aliphatic carbocycles. The molecule has 1 aliphatic rings. The van der Waals surface area contributed by atoms with Gasteiger partial charge in [-0.25, -0.2) is 0 Å². The Bertz CT molecular complexity index is 114. The van der Waals surface area contributed by atoms with E-state index in [9.17, 15) is 5.11 Å². The summed E-state index contributed by atoms with van der Waals surface area (Å²) in [5.74, 6) is 2.60. The molecule has 1 saturated heterocycles. The molecule has 0 spiro atoms. The Hall–Kier alpha value is 0.0500. The fourth-order valence-electron chi connectivity index (χ4n) is 1.19. The molecule has 58 valence electrons. The Balaban J connectivity index is 2.19. The minimum Gasteiger partial charge on any atom is -0.392 e. The topological polar surface area (TPSA) is 20.2 Å². The highest BCUT2D eigenvalue weighted by Crippen LogP contribution is 2.27. The van der Waals surface area contributed by atoms with Crippen LogP contribution >= 0.6 is 11.8 Å². The van der Waals surface area contributed by atoms with Crippen LogP contribution < -0.4 is 0 Å². The molecule has 1 nitrogen and oxygen atoms in total. The number of hydrogen-bond donors (Lipinski definition) is 1. The van der Waals surface area contributed by atoms with E-state index in [1.54, 1.807) is 0 Å². The molecular formula is C8H14OS. The van der Waals surface area contributed by atoms with Crippen molar-refractivity contribution in [2.24, 2.45) is 5.92 Å². The minimum atomic E-state index is -0.0510. The monoisotopic (exact) mass is 158 g/mol. The molecule has 1 heterocycles. The normalized spacial score (nSPS) is 32.5. The first-order chi connectivity index (χ1) is 4.84. The minimum absolute atomic E-state index is 0.0510. The fraction of sp³-hybridized carbons (Fsp3) is 0.750. The first-order valence-electron chi connectivity index (χ1n) is 3.71. The first-order valence-corrected chi connectivity index (χ1v) is 4.86. The van der Waals surface area contributed by atoms with Gasteiger partial charge in [-0.1, -0.05) is 6.08 Å². The summed E-state index contributed by atoms with van der Waals surface area (Å²) in [4.78, 5) is 0. The quantitative estimate of drug-likeness (QED) is 0.631. The summed E-state index contributed by atoms with van der Waals surface area (Å²) in [5.41, 5.74) is 0. The van der Waals surface area contributed by atoms with Gasteiger partial charge in [0.05, 0.1) is 6.10 Å². The van der Waals surface area contributed by atoms with Crippen molar-refractivity contribution < 1.29 is 5.11 Å². The van der Waals surface area contributed by atoms with Crippen molar-refractivity contribution in [3.63, 3.8) is 0 Å². The summed E-state index contributed by atoms with van der Waals surface area (Å²) >= 11 is 1.86. The van der Waals surface area contributed by atoms with Crippen molar-refractivity contribution in [2.45, 2.75) is 18.9 Å². The van der Waals surface area contributed by atoms with E-state index in [1.807, 2.05) is 17.8 Å². The van der Waals surface area contributed by atoms with Crippen molar-refractivity contribution in [1.29, 1.82) is 0 Å². The van der Waals surface area contributed by atoms with Crippen molar-refractivity contribution in [3.05, 3.63) is 12.7 Å². The van der Waals surface area contributed by atoms with Gasteiger partial charge in [0, 0.05) is 5.75 Å². The molecule has 1 aliphatic heterocycles. The zero-order valence-electron chi connectivity index (χ0n) is 6.12. The lowest BCUT2D eigenvalue weighted by molar-refractivity contribution is 0.145. The molecule has 0 aromatic rings. The molecule has 0 aromatic carbocycles. The van der Waals surface area contributed by atoms with E-state index < -0.39 is 0 Å². The smallest absolute Gasteiger partial charge is 0.0666 e. The predicted molar refractivity (Wildman–Crippen MR) is 46.3 cm³/mol. The van der Waals surface area contributed by atoms with Crippen LogP contribution in [0.1, 0.15) is 12.8 Å². The van der Waals surface area contributed by atoms with Crippen molar-refractivity contribution >= 4 is 11.8 Å². The number of allylic oxidation sites excluding steroid dienone is 1. The fourth-order valence-corrected chi connectivity index (χ4v) is 2.54. The first kappa shape index (κ1) is 8.15. The maximum Gasteiger partial charge on any atom is 0.0666 e. The van der Waals surface area contributed by atoms with Crippen LogP contribution in [-0.2, 0) is 0 Å². The molecule has 10 heavy (non-hydrogen) atoms. The molecule has 0 radical (unpaired) electrons. The third-order valence-corrected chi connectivity index (χ3v) is 3.15. The average molecular weight is 158 g/mol. The summed E-state index contributed by atoms with van der Waals surface area (Å²) in [5, 5.41) is 9.36. The van der Waals surface area contributed by atoms with Crippen LogP contribution in [0.5, 0.6) is 0 Å². The Labute approximate surface area is 66.5 Å². The molecule has 0 aromatic heterocycles. The lowest BCUT2D eigenvalue weighted by Crippen LogP contribution is -2.16. The van der Waals surface area contributed by atoms with Crippen molar-refractivity contribution in [2.75, 3.05) is 11.5 Å². The zero-order valence-corrected chi connectivity index (χ0v) is 6.94. The molecular weight excluding hydrogens is 144 g/mol. The maximum absolute atomic E-state index is 9.36. The second-order valence-corrected chi connectivity index (χ2v) is 3.81. The van der Waals surface area contributed by atoms with Gasteiger partial charge in [-0.3, -0.25) is 0 Å². The number of aliphatic hydroxyl groups is 1. The van der Waals surface area contributed by atoms with Crippen molar-refractivity contribution in [3.8, 4) is 0 Å². The van der Waals surface area contributed by atoms with Gasteiger partial charge in [0.2, 0.25) is 0 Å². The third-order valence-electron chi connectivity index (χ3n) is 1.91. The van der Waals surface area contributed by atoms with Gasteiger partial charge in [0.15, 0.2) is 0 Å². The van der Waals surface area contributed by atoms with Crippen LogP contribution in [0.3, 0.4) is 0 Å². The molecule has 0 amide bonds. The van der Waals surface area contributed by atoms with Crippen LogP contribution in [-0.4, -0.2) is 22.7 Å². The largest absolute Gasteiger partial charge is 0.392 e. The number of rotatable bonds is 3. The lowest BCUT2D eigenvalue weighted by atomic mass is 10.0. The standard InChI is InChI=1S/C8H14OS/c1-2-3-4-7-5-10-6-8(7)9/h2,7-9H,1,3-6H2. The third kappa shape index (κ3) is 2.03. The lowest BCUT2D eigenvalue weighted by Gasteiger charge is -2.10. The predicted octanol–water partition coefficient (Wildman–Crippen LogP) is 1.68. The maximum atomic E-state index is 9.36. The molecule has 1 rings (SSSR count). The summed E-state index contributed by atoms with van der Waals surface area (Å²) in [7, 11) is 0. The SMILES string of the molecule is C=CCCC1CSCC1O. The molecule has 0 saturated carbocycles. The van der Waals surface area contributed by atoms with Crippen LogP contribution in [0.2, 0.25) is 0 Å². The molecule has 2 unspecified atom stereocenters. The van der Waals surface area contributed by atoms with Crippen LogP contribution in [0.15, 0.2) is 12.7 Å². The zero-order chi connectivity index (χ0) is 7.40. The highest BCUT2D eigenvalue weighted by Gasteiger charge is 2.24. The Morgan fingerprint density at radius 3 is 2.90 bits per heavy atom. The van der Waals surface area contributed by atoms with E-state index in [4.69, 9.17) is 0 Å². The number of hydrogen-bond acceptors (Lipinski definition) is 2. The van der Waals surface area contributed by atoms with E-state index >= 15 is 0 Å². The molecule has 2 atom stereocenters. The number of thioether (sulfide) groups is 1. The summed E-state index contributed by atoms with van der Waals surface area (Å²) in [6.07, 6.45) is 4.03. The molecule has 2 heteroatoms. The van der Waals surface area contributed by atoms with Gasteiger partial charge in [0.25, 0.3) is 0 Å². The Morgan fingerprint density at radius 1 is 1.60 bits per heavy atom. The van der Waals surface area contributed by atoms with Gasteiger partial charge in [-0.05, 0) is 24.5 Å². The highest BCUT2D eigenvalue weighted by atomic mass is 32.2.